The van der Waals surface area contributed by atoms with Crippen LogP contribution in [-0.2, 0) is 4.79 Å². The lowest BCUT2D eigenvalue weighted by Crippen LogP contribution is -2.31. The van der Waals surface area contributed by atoms with E-state index in [2.05, 4.69) is 0 Å². The van der Waals surface area contributed by atoms with E-state index in [9.17, 15) is 4.79 Å². The maximum Gasteiger partial charge on any atom is 0.320 e. The molecule has 0 aromatic carbocycles. The molecule has 0 aliphatic rings. The summed E-state index contributed by atoms with van der Waals surface area (Å²) >= 11 is 0. The van der Waals surface area contributed by atoms with Crippen molar-refractivity contribution in [2.75, 3.05) is 0 Å². The SMILES string of the molecule is CC(C)C[C@H]([15NH2])[13C](=O)O. The monoisotopic (exact) mass is 133 g/mol. The maximum atomic E-state index is 10.1. The molecule has 3 nitrogen and oxygen atoms in total. The molecule has 0 saturated carbocycles. The van der Waals surface area contributed by atoms with E-state index in [1.807, 2.05) is 13.8 Å². The molecule has 1 atom stereocenters. The van der Waals surface area contributed by atoms with Gasteiger partial charge in [-0.15, -0.1) is 0 Å². The Morgan fingerprint density at radius 3 is 2.22 bits per heavy atom. The number of nitrogens with two attached hydrogens (primary N) is 1. The van der Waals surface area contributed by atoms with E-state index in [4.69, 9.17) is 10.8 Å². The second kappa shape index (κ2) is 3.45. The van der Waals surface area contributed by atoms with Gasteiger partial charge >= 0.3 is 5.97 Å². The summed E-state index contributed by atoms with van der Waals surface area (Å²) in [5.74, 6) is -0.556. The van der Waals surface area contributed by atoms with E-state index in [1.54, 1.807) is 0 Å². The molecule has 0 amide bonds. The number of carboxylic acid groups (broad SMARTS) is 1. The van der Waals surface area contributed by atoms with E-state index < -0.39 is 12.0 Å². The fourth-order valence-electron chi connectivity index (χ4n) is 0.609. The Hall–Kier alpha value is -0.570. The highest BCUT2D eigenvalue weighted by atomic mass is 16.5. The number of carbonyl (C=O) groups is 1. The van der Waals surface area contributed by atoms with Crippen LogP contribution in [0, 0.1) is 5.92 Å². The Morgan fingerprint density at radius 2 is 2.11 bits per heavy atom. The second-order valence-corrected chi connectivity index (χ2v) is 2.57. The third kappa shape index (κ3) is 3.97. The maximum absolute atomic E-state index is 10.1. The summed E-state index contributed by atoms with van der Waals surface area (Å²) in [6, 6.07) is -0.690. The van der Waals surface area contributed by atoms with Crippen LogP contribution in [-0.4, -0.2) is 17.1 Å². The molecule has 0 rings (SSSR count). The predicted octanol–water partition coefficient (Wildman–Crippen LogP) is 0.444. The highest BCUT2D eigenvalue weighted by Gasteiger charge is 2.11. The standard InChI is InChI=1S/C6H13NO2/c1-4(2)3-5(7)6(8)9/h4-5H,3,7H2,1-2H3,(H,8,9)/t5-/m0/s1/i6+1,7+1. The number of rotatable bonds is 3. The van der Waals surface area contributed by atoms with Crippen LogP contribution in [0.5, 0.6) is 0 Å². The van der Waals surface area contributed by atoms with Gasteiger partial charge in [-0.25, -0.2) is 0 Å². The van der Waals surface area contributed by atoms with Gasteiger partial charge in [0, 0.05) is 0 Å². The molecule has 0 aromatic heterocycles. The first-order chi connectivity index (χ1) is 4.04. The van der Waals surface area contributed by atoms with Gasteiger partial charge in [0.05, 0.1) is 0 Å². The molecule has 0 aliphatic heterocycles. The van der Waals surface area contributed by atoms with Crippen LogP contribution >= 0.6 is 0 Å². The number of hydrogen-bond donors (Lipinski definition) is 2. The van der Waals surface area contributed by atoms with Crippen LogP contribution in [0.4, 0.5) is 0 Å². The largest absolute Gasteiger partial charge is 0.480 e. The van der Waals surface area contributed by atoms with E-state index in [0.29, 0.717) is 12.3 Å². The molecule has 0 saturated heterocycles. The average Bonchev–Trinajstić information content (AvgIpc) is 1.63. The van der Waals surface area contributed by atoms with Gasteiger partial charge in [-0.1, -0.05) is 13.8 Å². The molecule has 0 aliphatic carbocycles. The smallest absolute Gasteiger partial charge is 0.320 e. The Kier molecular flexibility index (Phi) is 3.24. The Labute approximate surface area is 54.9 Å². The molecule has 3 N–H and O–H groups in total. The van der Waals surface area contributed by atoms with Crippen LogP contribution < -0.4 is 5.73 Å². The molecule has 0 bridgehead atoms. The molecule has 54 valence electrons. The minimum Gasteiger partial charge on any atom is -0.480 e. The molecule has 0 radical (unpaired) electrons. The fraction of sp³-hybridized carbons (Fsp3) is 0.833. The van der Waals surface area contributed by atoms with Gasteiger partial charge in [0.2, 0.25) is 0 Å². The Bertz CT molecular complexity index is 101. The normalized spacial score (nSPS) is 13.8. The molecule has 0 fully saturated rings. The predicted molar refractivity (Wildman–Crippen MR) is 35.1 cm³/mol. The van der Waals surface area contributed by atoms with Crippen LogP contribution in [0.25, 0.3) is 0 Å². The molecule has 0 spiro atoms. The van der Waals surface area contributed by atoms with Gasteiger partial charge in [-0.05, 0) is 12.3 Å². The molecular weight excluding hydrogens is 120 g/mol. The Morgan fingerprint density at radius 1 is 1.67 bits per heavy atom. The third-order valence-corrected chi connectivity index (χ3v) is 1.04. The minimum atomic E-state index is -0.913. The van der Waals surface area contributed by atoms with Crippen LogP contribution in [0.2, 0.25) is 0 Å². The van der Waals surface area contributed by atoms with E-state index in [-0.39, 0.29) is 0 Å². The van der Waals surface area contributed by atoms with E-state index >= 15 is 0 Å². The van der Waals surface area contributed by atoms with Gasteiger partial charge in [0.15, 0.2) is 0 Å². The molecule has 3 heteroatoms. The van der Waals surface area contributed by atoms with Gasteiger partial charge in [0.25, 0.3) is 0 Å². The summed E-state index contributed by atoms with van der Waals surface area (Å²) in [6.07, 6.45) is 0.551. The van der Waals surface area contributed by atoms with Crippen LogP contribution in [0.1, 0.15) is 20.3 Å². The molecule has 9 heavy (non-hydrogen) atoms. The van der Waals surface area contributed by atoms with Crippen molar-refractivity contribution < 1.29 is 9.90 Å². The topological polar surface area (TPSA) is 63.3 Å². The zero-order chi connectivity index (χ0) is 7.44. The lowest BCUT2D eigenvalue weighted by atomic mass is 10.1. The van der Waals surface area contributed by atoms with Crippen molar-refractivity contribution in [3.8, 4) is 0 Å². The summed E-state index contributed by atoms with van der Waals surface area (Å²) in [5.41, 5.74) is 5.22. The number of hydrogen-bond acceptors (Lipinski definition) is 2. The van der Waals surface area contributed by atoms with Crippen molar-refractivity contribution in [3.63, 3.8) is 0 Å². The first-order valence-electron chi connectivity index (χ1n) is 3.02. The van der Waals surface area contributed by atoms with Gasteiger partial charge in [-0.2, -0.15) is 0 Å². The van der Waals surface area contributed by atoms with Gasteiger partial charge in [0.1, 0.15) is 6.04 Å². The fourth-order valence-corrected chi connectivity index (χ4v) is 0.609. The highest BCUT2D eigenvalue weighted by Crippen LogP contribution is 2.01. The van der Waals surface area contributed by atoms with Crippen molar-refractivity contribution in [2.45, 2.75) is 26.3 Å². The summed E-state index contributed by atoms with van der Waals surface area (Å²) in [6.45, 7) is 3.89. The van der Waals surface area contributed by atoms with Crippen molar-refractivity contribution in [1.82, 2.24) is 0 Å². The van der Waals surface area contributed by atoms with Crippen LogP contribution in [0.15, 0.2) is 0 Å². The van der Waals surface area contributed by atoms with Crippen molar-refractivity contribution in [1.29, 1.82) is 0 Å². The van der Waals surface area contributed by atoms with Crippen molar-refractivity contribution in [2.24, 2.45) is 11.7 Å². The van der Waals surface area contributed by atoms with E-state index in [1.165, 1.54) is 0 Å². The third-order valence-electron chi connectivity index (χ3n) is 1.04. The minimum absolute atomic E-state index is 0.357. The van der Waals surface area contributed by atoms with Gasteiger partial charge < -0.3 is 10.8 Å². The molecule has 0 heterocycles. The lowest BCUT2D eigenvalue weighted by Gasteiger charge is -2.07. The van der Waals surface area contributed by atoms with Crippen LogP contribution in [0.3, 0.4) is 0 Å². The summed E-state index contributed by atoms with van der Waals surface area (Å²) in [4.78, 5) is 10.1. The highest BCUT2D eigenvalue weighted by molar-refractivity contribution is 5.72. The zero-order valence-electron chi connectivity index (χ0n) is 5.79. The quantitative estimate of drug-likeness (QED) is 0.434. The number of carboxylic acids is 1. The second-order valence-electron chi connectivity index (χ2n) is 2.57. The molecule has 0 unspecified atom stereocenters. The summed E-state index contributed by atoms with van der Waals surface area (Å²) in [5, 5.41) is 8.31. The Balaban J connectivity index is 3.50. The molecule has 0 aromatic rings. The number of aliphatic carboxylic acids is 1. The zero-order valence-corrected chi connectivity index (χ0v) is 5.79. The first kappa shape index (κ1) is 8.43. The first-order valence-corrected chi connectivity index (χ1v) is 3.02. The van der Waals surface area contributed by atoms with Gasteiger partial charge in [-0.3, -0.25) is 4.79 Å². The average molecular weight is 133 g/mol. The molecular formula is C6H13NO2. The summed E-state index contributed by atoms with van der Waals surface area (Å²) < 4.78 is 0. The van der Waals surface area contributed by atoms with Crippen molar-refractivity contribution in [3.05, 3.63) is 0 Å². The van der Waals surface area contributed by atoms with E-state index in [0.717, 1.165) is 0 Å². The van der Waals surface area contributed by atoms with Crippen molar-refractivity contribution >= 4 is 5.97 Å². The summed E-state index contributed by atoms with van der Waals surface area (Å²) in [7, 11) is 0. The lowest BCUT2D eigenvalue weighted by molar-refractivity contribution is -0.138.